The lowest BCUT2D eigenvalue weighted by Crippen LogP contribution is -2.75. The molecule has 3 fully saturated rings. The van der Waals surface area contributed by atoms with Gasteiger partial charge in [0.25, 0.3) is 0 Å². The van der Waals surface area contributed by atoms with Crippen LogP contribution in [0.1, 0.15) is 19.4 Å². The van der Waals surface area contributed by atoms with E-state index in [-0.39, 0.29) is 53.7 Å². The van der Waals surface area contributed by atoms with Crippen LogP contribution in [0.25, 0.3) is 11.0 Å². The van der Waals surface area contributed by atoms with E-state index in [1.807, 2.05) is 6.07 Å². The topological polar surface area (TPSA) is 167 Å². The molecule has 6 rings (SSSR count). The first-order valence-electron chi connectivity index (χ1n) is 11.2. The number of amides is 5. The van der Waals surface area contributed by atoms with Gasteiger partial charge in [-0.15, -0.1) is 0 Å². The zero-order valence-corrected chi connectivity index (χ0v) is 19.0. The molecule has 4 atom stereocenters. The van der Waals surface area contributed by atoms with Gasteiger partial charge in [0.1, 0.15) is 6.07 Å². The van der Waals surface area contributed by atoms with Crippen molar-refractivity contribution in [3.63, 3.8) is 0 Å². The van der Waals surface area contributed by atoms with E-state index in [9.17, 15) is 19.2 Å². The van der Waals surface area contributed by atoms with Gasteiger partial charge in [-0.25, -0.2) is 14.0 Å². The number of barbiturate groups is 1. The van der Waals surface area contributed by atoms with E-state index >= 15 is 4.39 Å². The SMILES string of the molecule is C[C@@H]1CN2c3c(cc4c(N5C[C@H](C#N)OC5=O)noc4c3F)CC3(C(=O)NC(=O)NC3=O)[C@H]2[C@H](C)O1. The van der Waals surface area contributed by atoms with Crippen molar-refractivity contribution >= 4 is 46.4 Å². The quantitative estimate of drug-likeness (QED) is 0.534. The first kappa shape index (κ1) is 22.2. The van der Waals surface area contributed by atoms with Crippen molar-refractivity contribution < 1.29 is 37.6 Å². The average molecular weight is 498 g/mol. The van der Waals surface area contributed by atoms with Gasteiger partial charge in [-0.2, -0.15) is 5.26 Å². The third kappa shape index (κ3) is 2.80. The molecule has 14 heteroatoms. The van der Waals surface area contributed by atoms with E-state index in [4.69, 9.17) is 19.3 Å². The van der Waals surface area contributed by atoms with Crippen LogP contribution in [0.3, 0.4) is 0 Å². The van der Waals surface area contributed by atoms with E-state index in [1.165, 1.54) is 6.07 Å². The Morgan fingerprint density at radius 1 is 1.19 bits per heavy atom. The van der Waals surface area contributed by atoms with Gasteiger partial charge >= 0.3 is 12.1 Å². The van der Waals surface area contributed by atoms with Crippen LogP contribution in [-0.2, 0) is 25.5 Å². The number of aromatic nitrogens is 1. The average Bonchev–Trinajstić information content (AvgIpc) is 3.39. The second-order valence-electron chi connectivity index (χ2n) is 9.33. The summed E-state index contributed by atoms with van der Waals surface area (Å²) in [6, 6.07) is 1.48. The highest BCUT2D eigenvalue weighted by Gasteiger charge is 2.63. The summed E-state index contributed by atoms with van der Waals surface area (Å²) < 4.78 is 32.2. The predicted octanol–water partition coefficient (Wildman–Crippen LogP) is 0.706. The zero-order valence-electron chi connectivity index (χ0n) is 19.0. The summed E-state index contributed by atoms with van der Waals surface area (Å²) in [5, 5.41) is 17.4. The third-order valence-corrected chi connectivity index (χ3v) is 7.16. The number of urea groups is 1. The Morgan fingerprint density at radius 3 is 2.58 bits per heavy atom. The number of hydrogen-bond donors (Lipinski definition) is 2. The summed E-state index contributed by atoms with van der Waals surface area (Å²) in [4.78, 5) is 53.4. The van der Waals surface area contributed by atoms with Gasteiger partial charge in [0.15, 0.2) is 17.1 Å². The van der Waals surface area contributed by atoms with E-state index in [0.29, 0.717) is 0 Å². The van der Waals surface area contributed by atoms with Gasteiger partial charge in [-0.05, 0) is 25.5 Å². The van der Waals surface area contributed by atoms with Gasteiger partial charge in [0.05, 0.1) is 35.9 Å². The maximum atomic E-state index is 16.1. The normalized spacial score (nSPS) is 28.9. The minimum Gasteiger partial charge on any atom is -0.428 e. The van der Waals surface area contributed by atoms with Crippen molar-refractivity contribution in [2.24, 2.45) is 5.41 Å². The molecule has 4 aliphatic heterocycles. The summed E-state index contributed by atoms with van der Waals surface area (Å²) >= 11 is 0. The number of fused-ring (bicyclic) bond motifs is 5. The highest BCUT2D eigenvalue weighted by atomic mass is 19.1. The molecule has 5 heterocycles. The molecule has 0 bridgehead atoms. The number of hydrogen-bond acceptors (Lipinski definition) is 10. The zero-order chi connectivity index (χ0) is 25.5. The fraction of sp³-hybridized carbons (Fsp3) is 0.455. The minimum atomic E-state index is -1.80. The molecule has 2 aromatic rings. The molecule has 1 spiro atoms. The molecule has 1 aromatic carbocycles. The third-order valence-electron chi connectivity index (χ3n) is 7.16. The number of carbonyl (C=O) groups excluding carboxylic acids is 4. The van der Waals surface area contributed by atoms with Crippen LogP contribution in [0.15, 0.2) is 10.6 Å². The molecule has 1 aromatic heterocycles. The molecule has 3 saturated heterocycles. The number of carbonyl (C=O) groups is 4. The summed E-state index contributed by atoms with van der Waals surface area (Å²) in [6.45, 7) is 3.49. The van der Waals surface area contributed by atoms with Crippen LogP contribution in [0, 0.1) is 22.6 Å². The van der Waals surface area contributed by atoms with E-state index in [1.54, 1.807) is 18.7 Å². The Morgan fingerprint density at radius 2 is 1.92 bits per heavy atom. The highest BCUT2D eigenvalue weighted by molar-refractivity contribution is 6.20. The molecule has 4 aliphatic rings. The lowest BCUT2D eigenvalue weighted by Gasteiger charge is -2.55. The molecular weight excluding hydrogens is 479 g/mol. The second-order valence-corrected chi connectivity index (χ2v) is 9.33. The lowest BCUT2D eigenvalue weighted by molar-refractivity contribution is -0.153. The Kier molecular flexibility index (Phi) is 4.55. The van der Waals surface area contributed by atoms with Gasteiger partial charge in [0.2, 0.25) is 23.5 Å². The molecular formula is C22H19FN6O7. The number of ether oxygens (including phenoxy) is 2. The fourth-order valence-electron chi connectivity index (χ4n) is 5.83. The Balaban J connectivity index is 1.56. The number of nitrogens with zero attached hydrogens (tertiary/aromatic N) is 4. The van der Waals surface area contributed by atoms with Gasteiger partial charge in [-0.1, -0.05) is 5.16 Å². The van der Waals surface area contributed by atoms with Crippen LogP contribution in [0.5, 0.6) is 0 Å². The van der Waals surface area contributed by atoms with Crippen LogP contribution < -0.4 is 20.4 Å². The Bertz CT molecular complexity index is 1400. The standard InChI is InChI=1S/C22H19FN6O7/c1-8-6-28-14-10(4-22(16(28)9(2)34-8)18(30)25-20(32)26-19(22)31)3-12-15(13(14)23)36-27-17(12)29-7-11(5-24)35-21(29)33/h3,8-9,11,16H,4,6-7H2,1-2H3,(H2,25,26,30,31,32)/t8-,9+,11+,16-/m1/s1. The smallest absolute Gasteiger partial charge is 0.417 e. The lowest BCUT2D eigenvalue weighted by atomic mass is 9.66. The van der Waals surface area contributed by atoms with Gasteiger partial charge in [-0.3, -0.25) is 25.1 Å². The Labute approximate surface area is 202 Å². The van der Waals surface area contributed by atoms with Gasteiger partial charge < -0.3 is 18.9 Å². The fourth-order valence-corrected chi connectivity index (χ4v) is 5.83. The molecule has 5 amide bonds. The first-order chi connectivity index (χ1) is 17.1. The number of imide groups is 2. The maximum absolute atomic E-state index is 16.1. The van der Waals surface area contributed by atoms with Crippen LogP contribution in [-0.4, -0.2) is 66.5 Å². The van der Waals surface area contributed by atoms with Crippen molar-refractivity contribution in [3.8, 4) is 6.07 Å². The summed E-state index contributed by atoms with van der Waals surface area (Å²) in [6.07, 6.45) is -3.15. The molecule has 2 N–H and O–H groups in total. The number of cyclic esters (lactones) is 1. The molecule has 0 radical (unpaired) electrons. The molecule has 186 valence electrons. The number of anilines is 2. The van der Waals surface area contributed by atoms with Crippen molar-refractivity contribution in [3.05, 3.63) is 17.4 Å². The number of rotatable bonds is 1. The van der Waals surface area contributed by atoms with Crippen LogP contribution in [0.4, 0.5) is 25.5 Å². The number of halogens is 1. The second kappa shape index (κ2) is 7.37. The van der Waals surface area contributed by atoms with Crippen LogP contribution in [0.2, 0.25) is 0 Å². The molecule has 0 saturated carbocycles. The van der Waals surface area contributed by atoms with E-state index in [0.717, 1.165) is 4.90 Å². The van der Waals surface area contributed by atoms with Crippen molar-refractivity contribution in [1.29, 1.82) is 5.26 Å². The molecule has 36 heavy (non-hydrogen) atoms. The van der Waals surface area contributed by atoms with E-state index < -0.39 is 53.4 Å². The minimum absolute atomic E-state index is 0.0536. The number of benzene rings is 1. The van der Waals surface area contributed by atoms with Crippen LogP contribution >= 0.6 is 0 Å². The monoisotopic (exact) mass is 498 g/mol. The molecule has 0 unspecified atom stereocenters. The number of nitrogens with one attached hydrogen (secondary N) is 2. The predicted molar refractivity (Wildman–Crippen MR) is 116 cm³/mol. The van der Waals surface area contributed by atoms with Crippen molar-refractivity contribution in [1.82, 2.24) is 15.8 Å². The van der Waals surface area contributed by atoms with Gasteiger partial charge in [0, 0.05) is 13.0 Å². The first-order valence-corrected chi connectivity index (χ1v) is 11.2. The number of nitriles is 1. The van der Waals surface area contributed by atoms with E-state index in [2.05, 4.69) is 15.8 Å². The number of morpholine rings is 1. The maximum Gasteiger partial charge on any atom is 0.417 e. The van der Waals surface area contributed by atoms with Crippen molar-refractivity contribution in [2.45, 2.75) is 44.6 Å². The molecule has 0 aliphatic carbocycles. The summed E-state index contributed by atoms with van der Waals surface area (Å²) in [5.74, 6) is -2.46. The Hall–Kier alpha value is -4.25. The summed E-state index contributed by atoms with van der Waals surface area (Å²) in [7, 11) is 0. The summed E-state index contributed by atoms with van der Waals surface area (Å²) in [5.41, 5.74) is -1.62. The highest BCUT2D eigenvalue weighted by Crippen LogP contribution is 2.49. The van der Waals surface area contributed by atoms with Crippen molar-refractivity contribution in [2.75, 3.05) is 22.9 Å². The molecule has 13 nitrogen and oxygen atoms in total. The largest absolute Gasteiger partial charge is 0.428 e.